The van der Waals surface area contributed by atoms with E-state index in [9.17, 15) is 9.59 Å². The maximum atomic E-state index is 10.6. The number of nitrogens with one attached hydrogen (secondary N) is 1. The van der Waals surface area contributed by atoms with Gasteiger partial charge in [-0.05, 0) is 0 Å². The minimum absolute atomic E-state index is 0.440. The fraction of sp³-hybridized carbons (Fsp3) is 0.400. The molecule has 4 N–H and O–H groups in total. The van der Waals surface area contributed by atoms with Crippen LogP contribution in [0.3, 0.4) is 0 Å². The summed E-state index contributed by atoms with van der Waals surface area (Å²) < 4.78 is 0. The Kier molecular flexibility index (Phi) is 3.72. The van der Waals surface area contributed by atoms with Crippen LogP contribution in [-0.2, 0) is 9.59 Å². The van der Waals surface area contributed by atoms with E-state index in [-0.39, 0.29) is 0 Å². The van der Waals surface area contributed by atoms with Crippen molar-refractivity contribution in [3.05, 3.63) is 0 Å². The highest BCUT2D eigenvalue weighted by molar-refractivity contribution is 6.28. The number of hydrogen-bond donors (Lipinski definition) is 3. The molecule has 0 saturated heterocycles. The van der Waals surface area contributed by atoms with Gasteiger partial charge in [0, 0.05) is 0 Å². The lowest BCUT2D eigenvalue weighted by molar-refractivity contribution is -0.140. The van der Waals surface area contributed by atoms with Gasteiger partial charge >= 0.3 is 12.2 Å². The van der Waals surface area contributed by atoms with Crippen LogP contribution in [0.2, 0.25) is 0 Å². The van der Waals surface area contributed by atoms with Crippen molar-refractivity contribution >= 4 is 18.0 Å². The third-order valence-corrected chi connectivity index (χ3v) is 0.952. The van der Waals surface area contributed by atoms with E-state index in [0.717, 1.165) is 0 Å². The molecule has 1 atom stereocenters. The summed E-state index contributed by atoms with van der Waals surface area (Å²) in [6.07, 6.45) is 0.248. The quantitative estimate of drug-likeness (QED) is 0.266. The van der Waals surface area contributed by atoms with Gasteiger partial charge in [0.2, 0.25) is 0 Å². The summed E-state index contributed by atoms with van der Waals surface area (Å²) in [5.74, 6) is -1.80. The Morgan fingerprint density at radius 1 is 1.73 bits per heavy atom. The van der Waals surface area contributed by atoms with E-state index in [1.807, 2.05) is 0 Å². The Hall–Kier alpha value is -1.52. The number of nitrogens with zero attached hydrogens (tertiary/aromatic N) is 1. The van der Waals surface area contributed by atoms with Crippen LogP contribution in [-0.4, -0.2) is 33.9 Å². The third-order valence-electron chi connectivity index (χ3n) is 0.952. The molecule has 0 aliphatic rings. The number of carboxylic acid groups (broad SMARTS) is 1. The normalized spacial score (nSPS) is 11.4. The molecule has 0 heterocycles. The lowest BCUT2D eigenvalue weighted by atomic mass is 10.1. The Balaban J connectivity index is 4.02. The average Bonchev–Trinajstić information content (AvgIpc) is 1.86. The van der Waals surface area contributed by atoms with E-state index in [2.05, 4.69) is 4.79 Å². The molecule has 0 fully saturated rings. The van der Waals surface area contributed by atoms with Gasteiger partial charge in [-0.1, -0.05) is 0 Å². The monoisotopic (exact) mass is 158 g/mol. The van der Waals surface area contributed by atoms with Crippen molar-refractivity contribution in [3.8, 4) is 0 Å². The number of Topliss-reactive ketones (excluding diaryl/α,β-unsaturated/α-hetero) is 1. The molecular formula is C5H8N3O3+. The molecular weight excluding hydrogens is 150 g/mol. The van der Waals surface area contributed by atoms with Crippen molar-refractivity contribution in [1.82, 2.24) is 0 Å². The molecule has 6 nitrogen and oxygen atoms in total. The molecule has 0 aromatic carbocycles. The first-order valence-corrected chi connectivity index (χ1v) is 2.79. The Morgan fingerprint density at radius 2 is 2.27 bits per heavy atom. The summed E-state index contributed by atoms with van der Waals surface area (Å²) in [6, 6.07) is -1.10. The number of carbonyl (C=O) groups excluding carboxylic acids is 1. The first-order chi connectivity index (χ1) is 5.07. The molecule has 0 aromatic rings. The van der Waals surface area contributed by atoms with Crippen molar-refractivity contribution in [2.45, 2.75) is 12.5 Å². The molecule has 0 radical (unpaired) electrons. The van der Waals surface area contributed by atoms with Gasteiger partial charge in [-0.3, -0.25) is 9.59 Å². The lowest BCUT2D eigenvalue weighted by Gasteiger charge is -1.98. The number of carbonyl (C=O) groups is 2. The minimum Gasteiger partial charge on any atom is -0.481 e. The fourth-order valence-corrected chi connectivity index (χ4v) is 0.448. The van der Waals surface area contributed by atoms with E-state index in [4.69, 9.17) is 16.4 Å². The zero-order valence-corrected chi connectivity index (χ0v) is 5.65. The van der Waals surface area contributed by atoms with Gasteiger partial charge in [0.25, 0.3) is 5.78 Å². The Morgan fingerprint density at radius 3 is 2.64 bits per heavy atom. The van der Waals surface area contributed by atoms with E-state index >= 15 is 0 Å². The maximum Gasteiger partial charge on any atom is 0.374 e. The van der Waals surface area contributed by atoms with E-state index in [1.165, 1.54) is 0 Å². The van der Waals surface area contributed by atoms with Crippen molar-refractivity contribution in [1.29, 1.82) is 5.53 Å². The molecule has 0 aliphatic carbocycles. The van der Waals surface area contributed by atoms with Crippen LogP contribution in [0.25, 0.3) is 0 Å². The zero-order chi connectivity index (χ0) is 8.85. The van der Waals surface area contributed by atoms with Crippen LogP contribution in [0.4, 0.5) is 0 Å². The first kappa shape index (κ1) is 9.48. The average molecular weight is 158 g/mol. The number of nitrogens with two attached hydrogens (primary N) is 1. The van der Waals surface area contributed by atoms with Gasteiger partial charge in [-0.25, -0.2) is 0 Å². The van der Waals surface area contributed by atoms with Crippen molar-refractivity contribution < 1.29 is 19.5 Å². The van der Waals surface area contributed by atoms with Crippen LogP contribution in [0.1, 0.15) is 6.42 Å². The summed E-state index contributed by atoms with van der Waals surface area (Å²) in [5, 5.41) is 8.18. The van der Waals surface area contributed by atoms with E-state index in [1.54, 1.807) is 0 Å². The summed E-state index contributed by atoms with van der Waals surface area (Å²) >= 11 is 0. The SMILES string of the molecule is N=[N+]=CC(=O)C(N)CC(=O)O. The van der Waals surface area contributed by atoms with Gasteiger partial charge in [-0.2, -0.15) is 0 Å². The van der Waals surface area contributed by atoms with Gasteiger partial charge in [0.1, 0.15) is 0 Å². The van der Waals surface area contributed by atoms with Crippen LogP contribution in [0.5, 0.6) is 0 Å². The van der Waals surface area contributed by atoms with Crippen LogP contribution >= 0.6 is 0 Å². The second-order valence-electron chi connectivity index (χ2n) is 1.86. The van der Waals surface area contributed by atoms with E-state index in [0.29, 0.717) is 6.21 Å². The number of aliphatic carboxylic acids is 1. The summed E-state index contributed by atoms with van der Waals surface area (Å²) in [7, 11) is 0. The molecule has 0 spiro atoms. The molecule has 0 saturated carbocycles. The molecule has 0 bridgehead atoms. The van der Waals surface area contributed by atoms with Crippen molar-refractivity contribution in [3.63, 3.8) is 0 Å². The number of ketones is 1. The second kappa shape index (κ2) is 4.32. The molecule has 0 aliphatic heterocycles. The molecule has 60 valence electrons. The van der Waals surface area contributed by atoms with Crippen LogP contribution < -0.4 is 5.73 Å². The fourth-order valence-electron chi connectivity index (χ4n) is 0.448. The maximum absolute atomic E-state index is 10.6. The van der Waals surface area contributed by atoms with Gasteiger partial charge < -0.3 is 10.8 Å². The van der Waals surface area contributed by atoms with Crippen LogP contribution in [0, 0.1) is 5.53 Å². The minimum atomic E-state index is -1.15. The smallest absolute Gasteiger partial charge is 0.374 e. The number of rotatable bonds is 4. The zero-order valence-electron chi connectivity index (χ0n) is 5.65. The van der Waals surface area contributed by atoms with Crippen LogP contribution in [0.15, 0.2) is 0 Å². The van der Waals surface area contributed by atoms with E-state index < -0.39 is 24.2 Å². The highest BCUT2D eigenvalue weighted by Gasteiger charge is 2.18. The highest BCUT2D eigenvalue weighted by atomic mass is 16.4. The molecule has 0 rings (SSSR count). The lowest BCUT2D eigenvalue weighted by Crippen LogP contribution is -2.33. The van der Waals surface area contributed by atoms with Gasteiger partial charge in [0.15, 0.2) is 0 Å². The summed E-state index contributed by atoms with van der Waals surface area (Å²) in [5.41, 5.74) is 11.4. The highest BCUT2D eigenvalue weighted by Crippen LogP contribution is 1.87. The number of carboxylic acids is 1. The molecule has 11 heavy (non-hydrogen) atoms. The topological polar surface area (TPSA) is 118 Å². The van der Waals surface area contributed by atoms with Gasteiger partial charge in [0.05, 0.1) is 22.8 Å². The summed E-state index contributed by atoms with van der Waals surface area (Å²) in [4.78, 5) is 23.3. The predicted molar refractivity (Wildman–Crippen MR) is 34.3 cm³/mol. The predicted octanol–water partition coefficient (Wildman–Crippen LogP) is -1.33. The number of hydrogen-bond acceptors (Lipinski definition) is 4. The molecule has 1 unspecified atom stereocenters. The Bertz CT molecular complexity index is 219. The summed E-state index contributed by atoms with van der Waals surface area (Å²) in [6.45, 7) is 0. The second-order valence-corrected chi connectivity index (χ2v) is 1.86. The molecule has 0 aromatic heterocycles. The first-order valence-electron chi connectivity index (χ1n) is 2.79. The molecule has 0 amide bonds. The Labute approximate surface area is 62.2 Å². The van der Waals surface area contributed by atoms with Crippen molar-refractivity contribution in [2.75, 3.05) is 0 Å². The van der Waals surface area contributed by atoms with Gasteiger partial charge in [-0.15, -0.1) is 0 Å². The van der Waals surface area contributed by atoms with Crippen molar-refractivity contribution in [2.24, 2.45) is 5.73 Å². The largest absolute Gasteiger partial charge is 0.481 e. The molecule has 6 heteroatoms. The third kappa shape index (κ3) is 3.96. The standard InChI is InChI=1S/C5H7N3O3/c6-3(1-5(10)11)4(9)2-8-7/h2-3,7H,1,6H2/p+1.